The first-order valence-electron chi connectivity index (χ1n) is 6.73. The fourth-order valence-corrected chi connectivity index (χ4v) is 2.18. The molecule has 0 spiro atoms. The van der Waals surface area contributed by atoms with Crippen LogP contribution in [-0.4, -0.2) is 39.5 Å². The van der Waals surface area contributed by atoms with Gasteiger partial charge in [0.15, 0.2) is 0 Å². The van der Waals surface area contributed by atoms with Crippen LogP contribution < -0.4 is 5.73 Å². The Kier molecular flexibility index (Phi) is 4.76. The smallest absolute Gasteiger partial charge is 0.0862 e. The molecule has 0 radical (unpaired) electrons. The van der Waals surface area contributed by atoms with Crippen LogP contribution in [0.4, 0.5) is 5.69 Å². The Labute approximate surface area is 119 Å². The van der Waals surface area contributed by atoms with Gasteiger partial charge in [-0.15, -0.1) is 0 Å². The number of anilines is 1. The maximum atomic E-state index is 10.1. The van der Waals surface area contributed by atoms with E-state index in [0.29, 0.717) is 18.8 Å². The van der Waals surface area contributed by atoms with E-state index in [2.05, 4.69) is 41.2 Å². The Morgan fingerprint density at radius 3 is 2.65 bits per heavy atom. The molecule has 1 atom stereocenters. The fourth-order valence-electron chi connectivity index (χ4n) is 2.18. The third-order valence-electron chi connectivity index (χ3n) is 3.15. The highest BCUT2D eigenvalue weighted by Crippen LogP contribution is 2.07. The van der Waals surface area contributed by atoms with Crippen molar-refractivity contribution in [2.45, 2.75) is 26.1 Å². The molecule has 1 aromatic heterocycles. The summed E-state index contributed by atoms with van der Waals surface area (Å²) in [4.78, 5) is 2.10. The zero-order valence-corrected chi connectivity index (χ0v) is 12.0. The number of aryl methyl sites for hydroxylation is 1. The van der Waals surface area contributed by atoms with Crippen LogP contribution in [0.5, 0.6) is 0 Å². The van der Waals surface area contributed by atoms with Crippen molar-refractivity contribution in [2.24, 2.45) is 0 Å². The third kappa shape index (κ3) is 4.36. The van der Waals surface area contributed by atoms with Crippen LogP contribution in [0.15, 0.2) is 36.7 Å². The molecule has 0 saturated carbocycles. The van der Waals surface area contributed by atoms with Gasteiger partial charge < -0.3 is 10.8 Å². The number of rotatable bonds is 6. The molecule has 5 heteroatoms. The number of likely N-dealkylation sites (N-methyl/N-ethyl adjacent to an activating group) is 1. The summed E-state index contributed by atoms with van der Waals surface area (Å²) in [6, 6.07) is 8.44. The quantitative estimate of drug-likeness (QED) is 0.832. The second-order valence-electron chi connectivity index (χ2n) is 5.33. The maximum Gasteiger partial charge on any atom is 0.0862 e. The lowest BCUT2D eigenvalue weighted by Gasteiger charge is -2.20. The predicted octanol–water partition coefficient (Wildman–Crippen LogP) is 1.27. The highest BCUT2D eigenvalue weighted by Gasteiger charge is 2.10. The van der Waals surface area contributed by atoms with Gasteiger partial charge in [-0.2, -0.15) is 5.10 Å². The van der Waals surface area contributed by atoms with Crippen molar-refractivity contribution >= 4 is 5.69 Å². The molecule has 0 saturated heterocycles. The van der Waals surface area contributed by atoms with E-state index >= 15 is 0 Å². The summed E-state index contributed by atoms with van der Waals surface area (Å²) in [7, 11) is 2.00. The lowest BCUT2D eigenvalue weighted by atomic mass is 10.1. The van der Waals surface area contributed by atoms with Gasteiger partial charge in [-0.05, 0) is 19.5 Å². The SMILES string of the molecule is Cc1ccc(CN(C)CC(O)Cn2cc(N)cn2)cc1. The molecule has 0 aliphatic carbocycles. The molecule has 1 aromatic carbocycles. The highest BCUT2D eigenvalue weighted by atomic mass is 16.3. The zero-order valence-electron chi connectivity index (χ0n) is 12.0. The third-order valence-corrected chi connectivity index (χ3v) is 3.15. The molecule has 0 aliphatic heterocycles. The minimum atomic E-state index is -0.468. The second kappa shape index (κ2) is 6.54. The van der Waals surface area contributed by atoms with Gasteiger partial charge in [-0.3, -0.25) is 9.58 Å². The van der Waals surface area contributed by atoms with Crippen molar-refractivity contribution in [3.05, 3.63) is 47.8 Å². The number of hydrogen-bond donors (Lipinski definition) is 2. The monoisotopic (exact) mass is 274 g/mol. The van der Waals surface area contributed by atoms with Gasteiger partial charge in [0.25, 0.3) is 0 Å². The van der Waals surface area contributed by atoms with E-state index in [-0.39, 0.29) is 0 Å². The number of aliphatic hydroxyl groups excluding tert-OH is 1. The maximum absolute atomic E-state index is 10.1. The van der Waals surface area contributed by atoms with Crippen LogP contribution in [0, 0.1) is 6.92 Å². The van der Waals surface area contributed by atoms with Crippen molar-refractivity contribution < 1.29 is 5.11 Å². The number of nitrogen functional groups attached to an aromatic ring is 1. The Morgan fingerprint density at radius 2 is 2.05 bits per heavy atom. The molecule has 108 valence electrons. The molecular weight excluding hydrogens is 252 g/mol. The molecule has 3 N–H and O–H groups in total. The number of nitrogens with two attached hydrogens (primary N) is 1. The number of hydrogen-bond acceptors (Lipinski definition) is 4. The van der Waals surface area contributed by atoms with Crippen LogP contribution in [0.3, 0.4) is 0 Å². The molecule has 0 aliphatic rings. The standard InChI is InChI=1S/C15H22N4O/c1-12-3-5-13(6-4-12)8-18(2)10-15(20)11-19-9-14(16)7-17-19/h3-7,9,15,20H,8,10-11,16H2,1-2H3. The lowest BCUT2D eigenvalue weighted by molar-refractivity contribution is 0.104. The molecule has 0 bridgehead atoms. The van der Waals surface area contributed by atoms with E-state index in [9.17, 15) is 5.11 Å². The van der Waals surface area contributed by atoms with Gasteiger partial charge in [-0.25, -0.2) is 0 Å². The first-order valence-corrected chi connectivity index (χ1v) is 6.73. The molecule has 0 fully saturated rings. The second-order valence-corrected chi connectivity index (χ2v) is 5.33. The van der Waals surface area contributed by atoms with Gasteiger partial charge >= 0.3 is 0 Å². The molecule has 20 heavy (non-hydrogen) atoms. The van der Waals surface area contributed by atoms with Crippen molar-refractivity contribution in [1.29, 1.82) is 0 Å². The zero-order chi connectivity index (χ0) is 14.5. The summed E-state index contributed by atoms with van der Waals surface area (Å²) >= 11 is 0. The van der Waals surface area contributed by atoms with Crippen LogP contribution >= 0.6 is 0 Å². The summed E-state index contributed by atoms with van der Waals surface area (Å²) < 4.78 is 1.67. The fraction of sp³-hybridized carbons (Fsp3) is 0.400. The average molecular weight is 274 g/mol. The van der Waals surface area contributed by atoms with E-state index in [4.69, 9.17) is 5.73 Å². The molecule has 1 heterocycles. The highest BCUT2D eigenvalue weighted by molar-refractivity contribution is 5.30. The molecule has 2 rings (SSSR count). The number of benzene rings is 1. The van der Waals surface area contributed by atoms with Crippen LogP contribution in [0.1, 0.15) is 11.1 Å². The number of nitrogens with zero attached hydrogens (tertiary/aromatic N) is 3. The molecule has 0 amide bonds. The van der Waals surface area contributed by atoms with Crippen molar-refractivity contribution in [3.8, 4) is 0 Å². The summed E-state index contributed by atoms with van der Waals surface area (Å²) in [6.45, 7) is 3.94. The van der Waals surface area contributed by atoms with Gasteiger partial charge in [-0.1, -0.05) is 29.8 Å². The van der Waals surface area contributed by atoms with Gasteiger partial charge in [0.1, 0.15) is 0 Å². The van der Waals surface area contributed by atoms with Crippen molar-refractivity contribution in [1.82, 2.24) is 14.7 Å². The summed E-state index contributed by atoms with van der Waals surface area (Å²) in [5.74, 6) is 0. The Morgan fingerprint density at radius 1 is 1.35 bits per heavy atom. The normalized spacial score (nSPS) is 12.8. The van der Waals surface area contributed by atoms with Gasteiger partial charge in [0.2, 0.25) is 0 Å². The van der Waals surface area contributed by atoms with Crippen LogP contribution in [0.25, 0.3) is 0 Å². The summed E-state index contributed by atoms with van der Waals surface area (Å²) in [5.41, 5.74) is 8.71. The van der Waals surface area contributed by atoms with E-state index in [1.165, 1.54) is 11.1 Å². The topological polar surface area (TPSA) is 67.3 Å². The van der Waals surface area contributed by atoms with E-state index in [1.54, 1.807) is 17.1 Å². The van der Waals surface area contributed by atoms with Crippen molar-refractivity contribution in [2.75, 3.05) is 19.3 Å². The summed E-state index contributed by atoms with van der Waals surface area (Å²) in [6.07, 6.45) is 2.84. The largest absolute Gasteiger partial charge is 0.396 e. The van der Waals surface area contributed by atoms with Crippen LogP contribution in [0.2, 0.25) is 0 Å². The minimum absolute atomic E-state index is 0.454. The van der Waals surface area contributed by atoms with E-state index in [1.807, 2.05) is 7.05 Å². The lowest BCUT2D eigenvalue weighted by Crippen LogP contribution is -2.31. The number of aliphatic hydroxyl groups is 1. The Balaban J connectivity index is 1.81. The molecule has 1 unspecified atom stereocenters. The molecule has 2 aromatic rings. The first kappa shape index (κ1) is 14.6. The first-order chi connectivity index (χ1) is 9.52. The number of aromatic nitrogens is 2. The molecule has 5 nitrogen and oxygen atoms in total. The van der Waals surface area contributed by atoms with Crippen LogP contribution in [-0.2, 0) is 13.1 Å². The van der Waals surface area contributed by atoms with Gasteiger partial charge in [0.05, 0.1) is 24.5 Å². The van der Waals surface area contributed by atoms with Crippen molar-refractivity contribution in [3.63, 3.8) is 0 Å². The van der Waals surface area contributed by atoms with Gasteiger partial charge in [0, 0.05) is 19.3 Å². The average Bonchev–Trinajstić information content (AvgIpc) is 2.77. The Bertz CT molecular complexity index is 535. The minimum Gasteiger partial charge on any atom is -0.396 e. The summed E-state index contributed by atoms with van der Waals surface area (Å²) in [5, 5.41) is 14.1. The predicted molar refractivity (Wildman–Crippen MR) is 80.2 cm³/mol. The van der Waals surface area contributed by atoms with E-state index < -0.39 is 6.10 Å². The van der Waals surface area contributed by atoms with E-state index in [0.717, 1.165) is 6.54 Å². The Hall–Kier alpha value is -1.85. The molecular formula is C15H22N4O.